The Morgan fingerprint density at radius 3 is 2.80 bits per heavy atom. The summed E-state index contributed by atoms with van der Waals surface area (Å²) in [6.07, 6.45) is 2.16. The number of anilines is 1. The fourth-order valence-corrected chi connectivity index (χ4v) is 4.58. The van der Waals surface area contributed by atoms with Gasteiger partial charge in [0, 0.05) is 35.5 Å². The van der Waals surface area contributed by atoms with Crippen LogP contribution in [0.15, 0.2) is 54.0 Å². The molecular formula is C20H21N3S2. The van der Waals surface area contributed by atoms with Gasteiger partial charge in [-0.1, -0.05) is 18.2 Å². The summed E-state index contributed by atoms with van der Waals surface area (Å²) in [7, 11) is 0. The zero-order valence-corrected chi connectivity index (χ0v) is 16.0. The van der Waals surface area contributed by atoms with Crippen LogP contribution in [0.3, 0.4) is 0 Å². The van der Waals surface area contributed by atoms with Gasteiger partial charge in [0.1, 0.15) is 6.04 Å². The van der Waals surface area contributed by atoms with E-state index >= 15 is 0 Å². The number of rotatable bonds is 2. The number of hydrogen-bond acceptors (Lipinski definition) is 2. The maximum atomic E-state index is 5.82. The van der Waals surface area contributed by atoms with Gasteiger partial charge in [-0.15, -0.1) is 11.3 Å². The molecule has 128 valence electrons. The Kier molecular flexibility index (Phi) is 4.36. The number of nitrogens with one attached hydrogen (secondary N) is 1. The predicted octanol–water partition coefficient (Wildman–Crippen LogP) is 4.97. The van der Waals surface area contributed by atoms with Gasteiger partial charge < -0.3 is 14.8 Å². The van der Waals surface area contributed by atoms with Crippen LogP contribution in [0.5, 0.6) is 0 Å². The minimum atomic E-state index is 0.175. The molecule has 4 rings (SSSR count). The Hall–Kier alpha value is -2.11. The summed E-state index contributed by atoms with van der Waals surface area (Å²) in [5.41, 5.74) is 4.92. The number of aryl methyl sites for hydroxylation is 1. The smallest absolute Gasteiger partial charge is 0.174 e. The molecule has 0 spiro atoms. The van der Waals surface area contributed by atoms with E-state index in [1.165, 1.54) is 21.7 Å². The molecule has 25 heavy (non-hydrogen) atoms. The van der Waals surface area contributed by atoms with Crippen molar-refractivity contribution in [3.8, 4) is 0 Å². The standard InChI is InChI=1S/C20H21N3S2/c1-14-6-3-7-16(15(14)2)21-20(24)23-12-11-22-10-4-8-17(22)19(23)18-9-5-13-25-18/h3-10,13,19H,11-12H2,1-2H3,(H,21,24)/t19-/m0/s1. The quantitative estimate of drug-likeness (QED) is 0.646. The number of thiophene rings is 1. The van der Waals surface area contributed by atoms with E-state index < -0.39 is 0 Å². The van der Waals surface area contributed by atoms with Crippen molar-refractivity contribution in [2.45, 2.75) is 26.4 Å². The Morgan fingerprint density at radius 1 is 1.12 bits per heavy atom. The molecule has 0 saturated carbocycles. The molecule has 0 fully saturated rings. The van der Waals surface area contributed by atoms with Crippen LogP contribution in [0.1, 0.15) is 27.7 Å². The van der Waals surface area contributed by atoms with E-state index in [2.05, 4.69) is 82.7 Å². The Labute approximate surface area is 157 Å². The first-order valence-corrected chi connectivity index (χ1v) is 9.76. The predicted molar refractivity (Wildman–Crippen MR) is 109 cm³/mol. The lowest BCUT2D eigenvalue weighted by Crippen LogP contribution is -2.44. The molecule has 0 aliphatic carbocycles. The molecule has 1 aliphatic rings. The third-order valence-corrected chi connectivity index (χ3v) is 6.22. The van der Waals surface area contributed by atoms with Crippen molar-refractivity contribution < 1.29 is 0 Å². The van der Waals surface area contributed by atoms with Crippen LogP contribution in [0.25, 0.3) is 0 Å². The van der Waals surface area contributed by atoms with Gasteiger partial charge in [0.05, 0.1) is 0 Å². The minimum Gasteiger partial charge on any atom is -0.347 e. The van der Waals surface area contributed by atoms with Crippen LogP contribution in [0.4, 0.5) is 5.69 Å². The topological polar surface area (TPSA) is 20.2 Å². The van der Waals surface area contributed by atoms with Crippen LogP contribution >= 0.6 is 23.6 Å². The summed E-state index contributed by atoms with van der Waals surface area (Å²) >= 11 is 7.61. The van der Waals surface area contributed by atoms with E-state index in [4.69, 9.17) is 12.2 Å². The molecular weight excluding hydrogens is 346 g/mol. The van der Waals surface area contributed by atoms with Crippen molar-refractivity contribution in [1.82, 2.24) is 9.47 Å². The maximum absolute atomic E-state index is 5.82. The third-order valence-electron chi connectivity index (χ3n) is 4.96. The molecule has 1 N–H and O–H groups in total. The summed E-state index contributed by atoms with van der Waals surface area (Å²) in [5, 5.41) is 6.42. The molecule has 1 aliphatic heterocycles. The number of thiocarbonyl (C=S) groups is 1. The SMILES string of the molecule is Cc1cccc(NC(=S)N2CCn3cccc3[C@H]2c2cccs2)c1C. The molecule has 0 unspecified atom stereocenters. The summed E-state index contributed by atoms with van der Waals surface area (Å²) in [6, 6.07) is 15.1. The second-order valence-corrected chi connectivity index (χ2v) is 7.78. The molecule has 3 aromatic rings. The zero-order chi connectivity index (χ0) is 17.4. The molecule has 1 aromatic carbocycles. The average Bonchev–Trinajstić information content (AvgIpc) is 3.29. The fraction of sp³-hybridized carbons (Fsp3) is 0.250. The van der Waals surface area contributed by atoms with Crippen molar-refractivity contribution in [2.75, 3.05) is 11.9 Å². The molecule has 0 radical (unpaired) electrons. The van der Waals surface area contributed by atoms with Gasteiger partial charge in [-0.3, -0.25) is 0 Å². The van der Waals surface area contributed by atoms with Crippen LogP contribution in [-0.4, -0.2) is 21.1 Å². The first kappa shape index (κ1) is 16.4. The second kappa shape index (κ2) is 6.65. The van der Waals surface area contributed by atoms with E-state index in [1.54, 1.807) is 11.3 Å². The van der Waals surface area contributed by atoms with Gasteiger partial charge in [-0.05, 0) is 66.8 Å². The van der Waals surface area contributed by atoms with E-state index in [0.29, 0.717) is 0 Å². The van der Waals surface area contributed by atoms with E-state index in [9.17, 15) is 0 Å². The van der Waals surface area contributed by atoms with Crippen LogP contribution in [0, 0.1) is 13.8 Å². The van der Waals surface area contributed by atoms with Crippen molar-refractivity contribution in [3.63, 3.8) is 0 Å². The van der Waals surface area contributed by atoms with E-state index in [-0.39, 0.29) is 6.04 Å². The number of hydrogen-bond donors (Lipinski definition) is 1. The Bertz CT molecular complexity index is 896. The lowest BCUT2D eigenvalue weighted by atomic mass is 10.1. The Balaban J connectivity index is 1.66. The largest absolute Gasteiger partial charge is 0.347 e. The molecule has 3 nitrogen and oxygen atoms in total. The molecule has 2 aromatic heterocycles. The average molecular weight is 368 g/mol. The normalized spacial score (nSPS) is 16.6. The van der Waals surface area contributed by atoms with Crippen molar-refractivity contribution >= 4 is 34.4 Å². The second-order valence-electron chi connectivity index (χ2n) is 6.42. The fourth-order valence-electron chi connectivity index (χ4n) is 3.42. The Morgan fingerprint density at radius 2 is 2.00 bits per heavy atom. The van der Waals surface area contributed by atoms with Crippen LogP contribution in [-0.2, 0) is 6.54 Å². The highest BCUT2D eigenvalue weighted by atomic mass is 32.1. The van der Waals surface area contributed by atoms with Gasteiger partial charge >= 0.3 is 0 Å². The highest BCUT2D eigenvalue weighted by Gasteiger charge is 2.31. The first-order valence-electron chi connectivity index (χ1n) is 8.47. The summed E-state index contributed by atoms with van der Waals surface area (Å²) in [6.45, 7) is 6.13. The van der Waals surface area contributed by atoms with Crippen molar-refractivity contribution in [1.29, 1.82) is 0 Å². The van der Waals surface area contributed by atoms with Crippen LogP contribution < -0.4 is 5.32 Å². The monoisotopic (exact) mass is 367 g/mol. The lowest BCUT2D eigenvalue weighted by Gasteiger charge is -2.38. The minimum absolute atomic E-state index is 0.175. The molecule has 3 heterocycles. The van der Waals surface area contributed by atoms with Crippen molar-refractivity contribution in [2.24, 2.45) is 0 Å². The number of fused-ring (bicyclic) bond motifs is 1. The molecule has 5 heteroatoms. The molecule has 0 saturated heterocycles. The molecule has 1 atom stereocenters. The van der Waals surface area contributed by atoms with Crippen LogP contribution in [0.2, 0.25) is 0 Å². The maximum Gasteiger partial charge on any atom is 0.174 e. The molecule has 0 amide bonds. The van der Waals surface area contributed by atoms with Crippen molar-refractivity contribution in [3.05, 3.63) is 75.7 Å². The summed E-state index contributed by atoms with van der Waals surface area (Å²) in [5.74, 6) is 0. The van der Waals surface area contributed by atoms with E-state index in [0.717, 1.165) is 23.9 Å². The highest BCUT2D eigenvalue weighted by molar-refractivity contribution is 7.80. The molecule has 0 bridgehead atoms. The number of benzene rings is 1. The van der Waals surface area contributed by atoms with Gasteiger partial charge in [-0.25, -0.2) is 0 Å². The van der Waals surface area contributed by atoms with Gasteiger partial charge in [0.15, 0.2) is 5.11 Å². The van der Waals surface area contributed by atoms with E-state index in [1.807, 2.05) is 0 Å². The van der Waals surface area contributed by atoms with Gasteiger partial charge in [-0.2, -0.15) is 0 Å². The number of nitrogens with zero attached hydrogens (tertiary/aromatic N) is 2. The summed E-state index contributed by atoms with van der Waals surface area (Å²) < 4.78 is 2.33. The van der Waals surface area contributed by atoms with Gasteiger partial charge in [0.25, 0.3) is 0 Å². The first-order chi connectivity index (χ1) is 12.1. The number of aromatic nitrogens is 1. The lowest BCUT2D eigenvalue weighted by molar-refractivity contribution is 0.297. The van der Waals surface area contributed by atoms with Gasteiger partial charge in [0.2, 0.25) is 0 Å². The summed E-state index contributed by atoms with van der Waals surface area (Å²) in [4.78, 5) is 3.64. The third kappa shape index (κ3) is 2.98. The highest BCUT2D eigenvalue weighted by Crippen LogP contribution is 2.35. The zero-order valence-electron chi connectivity index (χ0n) is 14.4.